The maximum Gasteiger partial charge on any atom is 0.329 e. The summed E-state index contributed by atoms with van der Waals surface area (Å²) in [4.78, 5) is 12.5. The minimum atomic E-state index is -1.03. The van der Waals surface area contributed by atoms with Crippen molar-refractivity contribution < 1.29 is 14.6 Å². The number of rotatable bonds is 8. The number of carboxylic acids is 1. The third-order valence-corrected chi connectivity index (χ3v) is 8.19. The number of fused-ring (bicyclic) bond motifs is 2. The highest BCUT2D eigenvalue weighted by Crippen LogP contribution is 2.53. The summed E-state index contributed by atoms with van der Waals surface area (Å²) < 4.78 is 6.17. The zero-order valence-electron chi connectivity index (χ0n) is 20.0. The van der Waals surface area contributed by atoms with Crippen molar-refractivity contribution in [3.05, 3.63) is 105 Å². The first-order valence-electron chi connectivity index (χ1n) is 12.3. The number of benzene rings is 3. The Kier molecular flexibility index (Phi) is 7.11. The van der Waals surface area contributed by atoms with Crippen LogP contribution in [0.2, 0.25) is 10.0 Å². The van der Waals surface area contributed by atoms with Crippen LogP contribution in [0.4, 0.5) is 5.69 Å². The Hall–Kier alpha value is -2.79. The Morgan fingerprint density at radius 2 is 1.67 bits per heavy atom. The minimum Gasteiger partial charge on any atom is -0.480 e. The van der Waals surface area contributed by atoms with E-state index in [1.807, 2.05) is 36.4 Å². The smallest absolute Gasteiger partial charge is 0.329 e. The largest absolute Gasteiger partial charge is 0.480 e. The summed E-state index contributed by atoms with van der Waals surface area (Å²) >= 11 is 12.1. The van der Waals surface area contributed by atoms with Crippen molar-refractivity contribution in [2.45, 2.75) is 43.1 Å². The first-order valence-corrected chi connectivity index (χ1v) is 13.1. The summed E-state index contributed by atoms with van der Waals surface area (Å²) in [7, 11) is 0. The van der Waals surface area contributed by atoms with Crippen LogP contribution in [-0.4, -0.2) is 29.8 Å². The molecule has 0 unspecified atom stereocenters. The van der Waals surface area contributed by atoms with Crippen LogP contribution in [0, 0.1) is 0 Å². The van der Waals surface area contributed by atoms with Gasteiger partial charge in [0.1, 0.15) is 5.54 Å². The van der Waals surface area contributed by atoms with Crippen LogP contribution in [0.1, 0.15) is 42.4 Å². The van der Waals surface area contributed by atoms with Gasteiger partial charge in [-0.25, -0.2) is 4.79 Å². The van der Waals surface area contributed by atoms with Crippen LogP contribution >= 0.6 is 23.2 Å². The van der Waals surface area contributed by atoms with E-state index < -0.39 is 11.5 Å². The lowest BCUT2D eigenvalue weighted by Gasteiger charge is -2.45. The maximum absolute atomic E-state index is 12.5. The van der Waals surface area contributed by atoms with Gasteiger partial charge in [0.2, 0.25) is 0 Å². The van der Waals surface area contributed by atoms with Crippen molar-refractivity contribution in [1.29, 1.82) is 0 Å². The lowest BCUT2D eigenvalue weighted by molar-refractivity contribution is -0.143. The van der Waals surface area contributed by atoms with E-state index >= 15 is 0 Å². The molecule has 0 heterocycles. The molecule has 36 heavy (non-hydrogen) atoms. The Balaban J connectivity index is 1.32. The Labute approximate surface area is 221 Å². The fourth-order valence-electron chi connectivity index (χ4n) is 5.69. The van der Waals surface area contributed by atoms with Crippen LogP contribution in [0.15, 0.2) is 78.4 Å². The zero-order chi connectivity index (χ0) is 25.2. The van der Waals surface area contributed by atoms with Gasteiger partial charge in [-0.1, -0.05) is 71.7 Å². The van der Waals surface area contributed by atoms with Crippen molar-refractivity contribution in [1.82, 2.24) is 0 Å². The quantitative estimate of drug-likeness (QED) is 0.303. The van der Waals surface area contributed by atoms with E-state index in [1.54, 1.807) is 12.1 Å². The molecule has 0 atom stereocenters. The van der Waals surface area contributed by atoms with Crippen molar-refractivity contribution in [2.24, 2.45) is 0 Å². The first-order chi connectivity index (χ1) is 17.4. The normalized spacial score (nSPS) is 22.8. The molecular formula is C30H29Cl2NO3. The summed E-state index contributed by atoms with van der Waals surface area (Å²) in [6.45, 7) is 1.14. The third kappa shape index (κ3) is 4.90. The van der Waals surface area contributed by atoms with Crippen molar-refractivity contribution in [2.75, 3.05) is 18.5 Å². The molecule has 0 bridgehead atoms. The average Bonchev–Trinajstić information content (AvgIpc) is 3.17. The molecule has 3 aromatic carbocycles. The molecule has 0 aliphatic heterocycles. The number of carbonyl (C=O) groups is 1. The molecule has 186 valence electrons. The fourth-order valence-corrected chi connectivity index (χ4v) is 6.01. The Morgan fingerprint density at radius 3 is 2.39 bits per heavy atom. The Bertz CT molecular complexity index is 1280. The second-order valence-electron chi connectivity index (χ2n) is 9.79. The lowest BCUT2D eigenvalue weighted by atomic mass is 9.62. The molecule has 4 nitrogen and oxygen atoms in total. The summed E-state index contributed by atoms with van der Waals surface area (Å²) in [5.41, 5.74) is 4.41. The lowest BCUT2D eigenvalue weighted by Crippen LogP contribution is -2.52. The number of carboxylic acid groups (broad SMARTS) is 1. The summed E-state index contributed by atoms with van der Waals surface area (Å²) in [6, 6.07) is 23.6. The van der Waals surface area contributed by atoms with Crippen LogP contribution in [-0.2, 0) is 21.4 Å². The molecule has 5 rings (SSSR count). The fraction of sp³-hybridized carbons (Fsp3) is 0.300. The van der Waals surface area contributed by atoms with Crippen molar-refractivity contribution in [3.8, 4) is 0 Å². The van der Waals surface area contributed by atoms with Crippen LogP contribution in [0.25, 0.3) is 6.08 Å². The summed E-state index contributed by atoms with van der Waals surface area (Å²) in [6.07, 6.45) is 5.54. The highest BCUT2D eigenvalue weighted by Gasteiger charge is 2.51. The van der Waals surface area contributed by atoms with E-state index in [1.165, 1.54) is 22.3 Å². The molecule has 1 spiro atoms. The molecule has 0 amide bonds. The molecule has 2 N–H and O–H groups in total. The average molecular weight is 522 g/mol. The molecule has 2 aliphatic carbocycles. The van der Waals surface area contributed by atoms with Gasteiger partial charge in [0.05, 0.1) is 13.2 Å². The summed E-state index contributed by atoms with van der Waals surface area (Å²) in [5.74, 6) is -0.826. The molecule has 6 heteroatoms. The molecule has 0 radical (unpaired) electrons. The molecule has 1 saturated carbocycles. The zero-order valence-corrected chi connectivity index (χ0v) is 21.5. The van der Waals surface area contributed by atoms with Gasteiger partial charge in [-0.2, -0.15) is 0 Å². The first kappa shape index (κ1) is 24.9. The number of hydrogen-bond acceptors (Lipinski definition) is 3. The van der Waals surface area contributed by atoms with E-state index in [-0.39, 0.29) is 5.41 Å². The molecule has 2 aliphatic rings. The summed E-state index contributed by atoms with van der Waals surface area (Å²) in [5, 5.41) is 14.9. The highest BCUT2D eigenvalue weighted by atomic mass is 35.5. The van der Waals surface area contributed by atoms with Crippen molar-refractivity contribution >= 4 is 40.9 Å². The number of nitrogens with one attached hydrogen (secondary N) is 1. The van der Waals surface area contributed by atoms with Gasteiger partial charge in [0.25, 0.3) is 0 Å². The van der Waals surface area contributed by atoms with Crippen LogP contribution < -0.4 is 5.32 Å². The highest BCUT2D eigenvalue weighted by molar-refractivity contribution is 6.31. The van der Waals surface area contributed by atoms with Gasteiger partial charge in [0.15, 0.2) is 0 Å². The van der Waals surface area contributed by atoms with Crippen LogP contribution in [0.3, 0.4) is 0 Å². The number of halogens is 2. The second kappa shape index (κ2) is 10.3. The SMILES string of the molecule is O=C(O)C1(Nc2cccc(Cl)c2)CCC2(CC1)C(COCCc1ccc(Cl)cc1)=Cc1ccccc12. The number of ether oxygens (including phenoxy) is 1. The predicted molar refractivity (Wildman–Crippen MR) is 146 cm³/mol. The van der Waals surface area contributed by atoms with Crippen LogP contribution in [0.5, 0.6) is 0 Å². The van der Waals surface area contributed by atoms with E-state index in [4.69, 9.17) is 27.9 Å². The number of aliphatic carboxylic acids is 1. The molecule has 0 aromatic heterocycles. The van der Waals surface area contributed by atoms with Gasteiger partial charge < -0.3 is 15.2 Å². The molecule has 1 fully saturated rings. The topological polar surface area (TPSA) is 58.6 Å². The second-order valence-corrected chi connectivity index (χ2v) is 10.7. The Morgan fingerprint density at radius 1 is 0.917 bits per heavy atom. The molecule has 0 saturated heterocycles. The molecular weight excluding hydrogens is 493 g/mol. The van der Waals surface area contributed by atoms with Gasteiger partial charge in [-0.3, -0.25) is 0 Å². The molecule has 3 aromatic rings. The van der Waals surface area contributed by atoms with Gasteiger partial charge >= 0.3 is 5.97 Å². The third-order valence-electron chi connectivity index (χ3n) is 7.70. The van der Waals surface area contributed by atoms with E-state index in [0.29, 0.717) is 31.1 Å². The standard InChI is InChI=1S/C30H29Cl2NO3/c31-24-10-8-21(9-11-24)12-17-36-20-23-18-22-4-1-2-7-27(22)29(23)13-15-30(16-14-29,28(34)35)33-26-6-3-5-25(32)19-26/h1-11,18-19,33H,12-17,20H2,(H,34,35). The minimum absolute atomic E-state index is 0.203. The van der Waals surface area contributed by atoms with Gasteiger partial charge in [0, 0.05) is 21.1 Å². The van der Waals surface area contributed by atoms with E-state index in [2.05, 4.69) is 35.7 Å². The van der Waals surface area contributed by atoms with E-state index in [9.17, 15) is 9.90 Å². The predicted octanol–water partition coefficient (Wildman–Crippen LogP) is 7.40. The number of anilines is 1. The van der Waals surface area contributed by atoms with Gasteiger partial charge in [-0.15, -0.1) is 0 Å². The maximum atomic E-state index is 12.5. The van der Waals surface area contributed by atoms with E-state index in [0.717, 1.165) is 30.0 Å². The number of hydrogen-bond donors (Lipinski definition) is 2. The van der Waals surface area contributed by atoms with Crippen molar-refractivity contribution in [3.63, 3.8) is 0 Å². The monoisotopic (exact) mass is 521 g/mol. The van der Waals surface area contributed by atoms with Gasteiger partial charge in [-0.05, 0) is 84.7 Å².